The zero-order valence-corrected chi connectivity index (χ0v) is 12.4. The molecule has 22 heavy (non-hydrogen) atoms. The molecule has 1 aromatic carbocycles. The molecule has 0 saturated carbocycles. The lowest BCUT2D eigenvalue weighted by Gasteiger charge is -2.26. The highest BCUT2D eigenvalue weighted by Gasteiger charge is 2.52. The van der Waals surface area contributed by atoms with Crippen LogP contribution in [0.1, 0.15) is 29.3 Å². The van der Waals surface area contributed by atoms with E-state index in [1.165, 1.54) is 0 Å². The normalized spacial score (nSPS) is 20.7. The summed E-state index contributed by atoms with van der Waals surface area (Å²) < 4.78 is 10.6. The number of benzene rings is 1. The quantitative estimate of drug-likeness (QED) is 0.828. The topological polar surface area (TPSA) is 102 Å². The van der Waals surface area contributed by atoms with E-state index in [0.29, 0.717) is 5.56 Å². The molecule has 1 unspecified atom stereocenters. The summed E-state index contributed by atoms with van der Waals surface area (Å²) in [4.78, 5) is 24.7. The minimum atomic E-state index is -1.84. The van der Waals surface area contributed by atoms with Gasteiger partial charge in [0.2, 0.25) is 5.88 Å². The van der Waals surface area contributed by atoms with Crippen LogP contribution in [-0.2, 0) is 14.3 Å². The summed E-state index contributed by atoms with van der Waals surface area (Å²) in [7, 11) is 0. The van der Waals surface area contributed by atoms with Gasteiger partial charge in [-0.15, -0.1) is 0 Å². The van der Waals surface area contributed by atoms with E-state index < -0.39 is 11.6 Å². The number of ketones is 2. The molecule has 2 rings (SSSR count). The largest absolute Gasteiger partial charge is 0.438 e. The van der Waals surface area contributed by atoms with Crippen molar-refractivity contribution in [1.29, 1.82) is 5.26 Å². The molecule has 1 atom stereocenters. The van der Waals surface area contributed by atoms with E-state index in [2.05, 4.69) is 0 Å². The predicted molar refractivity (Wildman–Crippen MR) is 77.4 cm³/mol. The van der Waals surface area contributed by atoms with Crippen molar-refractivity contribution in [1.82, 2.24) is 0 Å². The van der Waals surface area contributed by atoms with Gasteiger partial charge in [-0.2, -0.15) is 5.26 Å². The number of hydrogen-bond acceptors (Lipinski definition) is 6. The van der Waals surface area contributed by atoms with E-state index in [4.69, 9.17) is 20.5 Å². The molecule has 1 aliphatic rings. The summed E-state index contributed by atoms with van der Waals surface area (Å²) in [5.74, 6) is -3.19. The van der Waals surface area contributed by atoms with E-state index in [0.717, 1.165) is 5.56 Å². The van der Waals surface area contributed by atoms with Gasteiger partial charge >= 0.3 is 0 Å². The van der Waals surface area contributed by atoms with Crippen molar-refractivity contribution < 1.29 is 19.1 Å². The molecule has 1 aromatic rings. The lowest BCUT2D eigenvalue weighted by atomic mass is 9.97. The van der Waals surface area contributed by atoms with Gasteiger partial charge in [-0.1, -0.05) is 29.8 Å². The molecule has 6 heteroatoms. The number of nitrogens with two attached hydrogens (primary N) is 1. The number of carbonyl (C=O) groups excluding carboxylic acids is 2. The summed E-state index contributed by atoms with van der Waals surface area (Å²) in [5, 5.41) is 8.96. The van der Waals surface area contributed by atoms with Gasteiger partial charge in [0, 0.05) is 12.2 Å². The van der Waals surface area contributed by atoms with Gasteiger partial charge in [0.15, 0.2) is 11.4 Å². The Labute approximate surface area is 128 Å². The van der Waals surface area contributed by atoms with Crippen LogP contribution in [0.15, 0.2) is 35.7 Å². The van der Waals surface area contributed by atoms with Crippen LogP contribution in [0.4, 0.5) is 0 Å². The third kappa shape index (κ3) is 2.71. The Hall–Kier alpha value is -2.65. The molecule has 0 radical (unpaired) electrons. The van der Waals surface area contributed by atoms with Crippen LogP contribution >= 0.6 is 0 Å². The highest BCUT2D eigenvalue weighted by molar-refractivity contribution is 6.10. The van der Waals surface area contributed by atoms with Crippen LogP contribution in [0.3, 0.4) is 0 Å². The van der Waals surface area contributed by atoms with Gasteiger partial charge in [0.05, 0.1) is 6.42 Å². The molecule has 0 amide bonds. The Morgan fingerprint density at radius 1 is 1.41 bits per heavy atom. The maximum Gasteiger partial charge on any atom is 0.285 e. The zero-order chi connectivity index (χ0) is 16.3. The Bertz CT molecular complexity index is 685. The van der Waals surface area contributed by atoms with Gasteiger partial charge in [-0.25, -0.2) is 0 Å². The molecular formula is C16H16N2O4. The second kappa shape index (κ2) is 6.00. The number of aryl methyl sites for hydroxylation is 1. The second-order valence-corrected chi connectivity index (χ2v) is 4.93. The van der Waals surface area contributed by atoms with Gasteiger partial charge in [-0.3, -0.25) is 9.59 Å². The van der Waals surface area contributed by atoms with Crippen LogP contribution in [0.2, 0.25) is 0 Å². The van der Waals surface area contributed by atoms with Gasteiger partial charge in [-0.05, 0) is 13.8 Å². The number of nitriles is 1. The summed E-state index contributed by atoms with van der Waals surface area (Å²) in [6.45, 7) is 3.71. The molecule has 114 valence electrons. The Kier molecular flexibility index (Phi) is 4.29. The molecule has 0 aliphatic carbocycles. The highest BCUT2D eigenvalue weighted by atomic mass is 16.7. The van der Waals surface area contributed by atoms with Crippen molar-refractivity contribution >= 4 is 11.6 Å². The fourth-order valence-corrected chi connectivity index (χ4v) is 2.23. The van der Waals surface area contributed by atoms with Gasteiger partial charge in [0.1, 0.15) is 6.07 Å². The Morgan fingerprint density at radius 2 is 2.05 bits per heavy atom. The standard InChI is InChI=1S/C16H16N2O4/c1-3-21-16(14(20)12(9-17)15(18)22-16)8-13(19)11-6-4-10(2)5-7-11/h4-7H,3,8,18H2,1-2H3. The van der Waals surface area contributed by atoms with Crippen molar-refractivity contribution in [2.45, 2.75) is 26.1 Å². The number of carbonyl (C=O) groups is 2. The fraction of sp³-hybridized carbons (Fsp3) is 0.312. The van der Waals surface area contributed by atoms with Crippen molar-refractivity contribution in [3.8, 4) is 6.07 Å². The molecule has 0 spiro atoms. The van der Waals surface area contributed by atoms with Crippen molar-refractivity contribution in [3.63, 3.8) is 0 Å². The number of ether oxygens (including phenoxy) is 2. The van der Waals surface area contributed by atoms with Crippen LogP contribution < -0.4 is 5.73 Å². The lowest BCUT2D eigenvalue weighted by molar-refractivity contribution is -0.198. The smallest absolute Gasteiger partial charge is 0.285 e. The summed E-state index contributed by atoms with van der Waals surface area (Å²) in [5.41, 5.74) is 6.68. The SMILES string of the molecule is CCOC1(CC(=O)c2ccc(C)cc2)OC(N)=C(C#N)C1=O. The van der Waals surface area contributed by atoms with E-state index in [-0.39, 0.29) is 30.3 Å². The molecular weight excluding hydrogens is 284 g/mol. The lowest BCUT2D eigenvalue weighted by Crippen LogP contribution is -2.43. The minimum absolute atomic E-state index is 0.138. The fourth-order valence-electron chi connectivity index (χ4n) is 2.23. The summed E-state index contributed by atoms with van der Waals surface area (Å²) in [6, 6.07) is 8.61. The molecule has 1 heterocycles. The van der Waals surface area contributed by atoms with Crippen molar-refractivity contribution in [2.24, 2.45) is 5.73 Å². The molecule has 1 aliphatic heterocycles. The monoisotopic (exact) mass is 300 g/mol. The average Bonchev–Trinajstić information content (AvgIpc) is 2.70. The second-order valence-electron chi connectivity index (χ2n) is 4.93. The van der Waals surface area contributed by atoms with E-state index >= 15 is 0 Å². The van der Waals surface area contributed by atoms with Gasteiger partial charge in [0.25, 0.3) is 11.6 Å². The summed E-state index contributed by atoms with van der Waals surface area (Å²) >= 11 is 0. The molecule has 0 saturated heterocycles. The van der Waals surface area contributed by atoms with Crippen LogP contribution in [-0.4, -0.2) is 24.0 Å². The third-order valence-electron chi connectivity index (χ3n) is 3.35. The number of Topliss-reactive ketones (excluding diaryl/α,β-unsaturated/α-hetero) is 2. The number of rotatable bonds is 5. The predicted octanol–water partition coefficient (Wildman–Crippen LogP) is 1.59. The van der Waals surface area contributed by atoms with Crippen LogP contribution in [0, 0.1) is 18.3 Å². The highest BCUT2D eigenvalue weighted by Crippen LogP contribution is 2.33. The zero-order valence-electron chi connectivity index (χ0n) is 12.4. The van der Waals surface area contributed by atoms with Crippen LogP contribution in [0.5, 0.6) is 0 Å². The number of nitrogens with zero attached hydrogens (tertiary/aromatic N) is 1. The Morgan fingerprint density at radius 3 is 2.55 bits per heavy atom. The maximum atomic E-state index is 12.4. The summed E-state index contributed by atoms with van der Waals surface area (Å²) in [6.07, 6.45) is -0.339. The molecule has 0 aromatic heterocycles. The first kappa shape index (κ1) is 15.7. The van der Waals surface area contributed by atoms with Gasteiger partial charge < -0.3 is 15.2 Å². The van der Waals surface area contributed by atoms with E-state index in [1.54, 1.807) is 37.3 Å². The first-order valence-corrected chi connectivity index (χ1v) is 6.81. The van der Waals surface area contributed by atoms with Crippen molar-refractivity contribution in [2.75, 3.05) is 6.61 Å². The molecule has 0 bridgehead atoms. The Balaban J connectivity index is 2.28. The first-order valence-electron chi connectivity index (χ1n) is 6.81. The van der Waals surface area contributed by atoms with E-state index in [9.17, 15) is 9.59 Å². The average molecular weight is 300 g/mol. The third-order valence-corrected chi connectivity index (χ3v) is 3.35. The van der Waals surface area contributed by atoms with E-state index in [1.807, 2.05) is 6.92 Å². The molecule has 0 fully saturated rings. The first-order chi connectivity index (χ1) is 10.4. The van der Waals surface area contributed by atoms with Crippen molar-refractivity contribution in [3.05, 3.63) is 46.8 Å². The molecule has 2 N–H and O–H groups in total. The maximum absolute atomic E-state index is 12.4. The minimum Gasteiger partial charge on any atom is -0.438 e. The van der Waals surface area contributed by atoms with Crippen LogP contribution in [0.25, 0.3) is 0 Å². The number of hydrogen-bond donors (Lipinski definition) is 1. The molecule has 6 nitrogen and oxygen atoms in total.